The Bertz CT molecular complexity index is 1670. The molecule has 0 amide bonds. The summed E-state index contributed by atoms with van der Waals surface area (Å²) in [5.41, 5.74) is 0. The number of hydrogen-bond donors (Lipinski definition) is 1. The topological polar surface area (TPSA) is 72.8 Å². The van der Waals surface area contributed by atoms with Gasteiger partial charge in [0.1, 0.15) is 6.61 Å². The number of carbonyl (C=O) groups excluding carboxylic acids is 2. The van der Waals surface area contributed by atoms with Crippen LogP contribution >= 0.6 is 0 Å². The Kier molecular flexibility index (Phi) is 58.5. The van der Waals surface area contributed by atoms with E-state index in [1.165, 1.54) is 83.5 Å². The molecule has 0 heterocycles. The maximum atomic E-state index is 12.3. The lowest BCUT2D eigenvalue weighted by molar-refractivity contribution is -0.161. The highest BCUT2D eigenvalue weighted by Crippen LogP contribution is 2.15. The van der Waals surface area contributed by atoms with Gasteiger partial charge in [-0.05, 0) is 122 Å². The van der Waals surface area contributed by atoms with Gasteiger partial charge in [-0.2, -0.15) is 0 Å². The average molecular weight is 1020 g/mol. The van der Waals surface area contributed by atoms with E-state index in [0.717, 1.165) is 116 Å². The Labute approximate surface area is 455 Å². The second-order valence-electron chi connectivity index (χ2n) is 19.0. The molecular weight excluding hydrogens is 909 g/mol. The van der Waals surface area contributed by atoms with Crippen molar-refractivity contribution in [3.63, 3.8) is 0 Å². The van der Waals surface area contributed by atoms with Gasteiger partial charge in [-0.1, -0.05) is 267 Å². The molecule has 0 rings (SSSR count). The molecule has 0 spiro atoms. The van der Waals surface area contributed by atoms with Gasteiger partial charge in [0, 0.05) is 12.8 Å². The van der Waals surface area contributed by atoms with Crippen LogP contribution in [0.5, 0.6) is 0 Å². The Hall–Kier alpha value is -4.74. The quantitative estimate of drug-likeness (QED) is 0.0373. The molecule has 0 aliphatic rings. The van der Waals surface area contributed by atoms with Gasteiger partial charge in [0.2, 0.25) is 0 Å². The van der Waals surface area contributed by atoms with Crippen LogP contribution in [0.25, 0.3) is 0 Å². The highest BCUT2D eigenvalue weighted by molar-refractivity contribution is 5.70. The van der Waals surface area contributed by atoms with Crippen LogP contribution in [0.3, 0.4) is 0 Å². The molecule has 0 saturated heterocycles. The molecular formula is C69H108O5. The van der Waals surface area contributed by atoms with E-state index in [1.54, 1.807) is 0 Å². The molecule has 0 aliphatic heterocycles. The zero-order valence-electron chi connectivity index (χ0n) is 47.3. The van der Waals surface area contributed by atoms with Gasteiger partial charge in [-0.25, -0.2) is 0 Å². The van der Waals surface area contributed by atoms with Crippen LogP contribution in [0.1, 0.15) is 232 Å². The van der Waals surface area contributed by atoms with Gasteiger partial charge >= 0.3 is 11.9 Å². The molecule has 1 unspecified atom stereocenters. The van der Waals surface area contributed by atoms with Crippen LogP contribution in [-0.4, -0.2) is 36.4 Å². The lowest BCUT2D eigenvalue weighted by Gasteiger charge is -2.15. The molecule has 5 heteroatoms. The summed E-state index contributed by atoms with van der Waals surface area (Å²) in [6.45, 7) is 3.86. The van der Waals surface area contributed by atoms with Crippen LogP contribution in [-0.2, 0) is 19.1 Å². The van der Waals surface area contributed by atoms with Crippen molar-refractivity contribution >= 4 is 11.9 Å². The fourth-order valence-corrected chi connectivity index (χ4v) is 7.64. The Morgan fingerprint density at radius 2 is 0.554 bits per heavy atom. The summed E-state index contributed by atoms with van der Waals surface area (Å²) in [5.74, 6) is -0.670. The predicted octanol–water partition coefficient (Wildman–Crippen LogP) is 20.5. The van der Waals surface area contributed by atoms with E-state index in [-0.39, 0.29) is 31.6 Å². The van der Waals surface area contributed by atoms with E-state index in [1.807, 2.05) is 0 Å². The van der Waals surface area contributed by atoms with Crippen LogP contribution in [0.15, 0.2) is 170 Å². The highest BCUT2D eigenvalue weighted by atomic mass is 16.6. The third kappa shape index (κ3) is 59.8. The monoisotopic (exact) mass is 1020 g/mol. The van der Waals surface area contributed by atoms with Crippen molar-refractivity contribution in [3.05, 3.63) is 170 Å². The largest absolute Gasteiger partial charge is 0.462 e. The van der Waals surface area contributed by atoms with E-state index in [0.29, 0.717) is 12.8 Å². The summed E-state index contributed by atoms with van der Waals surface area (Å²) in [6, 6.07) is 0. The minimum atomic E-state index is -0.817. The lowest BCUT2D eigenvalue weighted by atomic mass is 10.0. The van der Waals surface area contributed by atoms with Gasteiger partial charge in [-0.15, -0.1) is 0 Å². The van der Waals surface area contributed by atoms with E-state index in [9.17, 15) is 14.7 Å². The van der Waals surface area contributed by atoms with Crippen molar-refractivity contribution in [2.75, 3.05) is 13.2 Å². The van der Waals surface area contributed by atoms with Crippen molar-refractivity contribution in [2.45, 2.75) is 238 Å². The summed E-state index contributed by atoms with van der Waals surface area (Å²) in [6.07, 6.45) is 97.6. The highest BCUT2D eigenvalue weighted by Gasteiger charge is 2.16. The van der Waals surface area contributed by atoms with E-state index in [4.69, 9.17) is 9.47 Å². The first kappa shape index (κ1) is 69.3. The van der Waals surface area contributed by atoms with Gasteiger partial charge < -0.3 is 14.6 Å². The molecule has 0 aliphatic carbocycles. The smallest absolute Gasteiger partial charge is 0.306 e. The van der Waals surface area contributed by atoms with E-state index in [2.05, 4.69) is 184 Å². The van der Waals surface area contributed by atoms with Gasteiger partial charge in [0.05, 0.1) is 6.61 Å². The summed E-state index contributed by atoms with van der Waals surface area (Å²) >= 11 is 0. The van der Waals surface area contributed by atoms with Crippen LogP contribution in [0.2, 0.25) is 0 Å². The molecule has 74 heavy (non-hydrogen) atoms. The number of esters is 2. The minimum Gasteiger partial charge on any atom is -0.462 e. The molecule has 414 valence electrons. The summed E-state index contributed by atoms with van der Waals surface area (Å²) in [5, 5.41) is 9.66. The van der Waals surface area contributed by atoms with Gasteiger partial charge in [0.15, 0.2) is 6.10 Å². The molecule has 0 radical (unpaired) electrons. The number of hydrogen-bond acceptors (Lipinski definition) is 5. The average Bonchev–Trinajstić information content (AvgIpc) is 3.40. The van der Waals surface area contributed by atoms with Crippen LogP contribution in [0, 0.1) is 0 Å². The number of aliphatic hydroxyl groups excluding tert-OH is 1. The number of allylic oxidation sites excluding steroid dienone is 28. The number of unbranched alkanes of at least 4 members (excludes halogenated alkanes) is 16. The van der Waals surface area contributed by atoms with Crippen molar-refractivity contribution < 1.29 is 24.2 Å². The van der Waals surface area contributed by atoms with Gasteiger partial charge in [-0.3, -0.25) is 9.59 Å². The SMILES string of the molecule is CC/C=C\C/C=C\C/C=C\C/C=C\C/C=C\C/C=C\C/C=C\C/C=C\C/C=C\CCCC(=O)OC(CO)COC(=O)CCCCCCCCCCCCCCCCC/C=C\C/C=C\C/C=C\C/C=C\C/C=C\CC. The minimum absolute atomic E-state index is 0.0998. The number of carbonyl (C=O) groups is 2. The normalized spacial score (nSPS) is 13.5. The standard InChI is InChI=1S/C69H108O5/c1-3-5-7-9-11-13-15-17-19-21-23-25-27-29-31-33-34-36-37-39-41-43-45-47-49-51-53-55-57-59-61-63-68(71)73-66-67(65-70)74-69(72)64-62-60-58-56-54-52-50-48-46-44-42-40-38-35-32-30-28-26-24-22-20-18-16-14-12-10-8-6-4-2/h5-8,11-14,17-20,23-26,29-32,38,40,44,46,50,52,56,58,67,70H,3-4,9-10,15-16,21-22,27-28,33-37,39,41-43,45,47-49,51,53-55,57,59-66H2,1-2H3/b7-5-,8-6-,13-11-,14-12-,19-17-,20-18-,25-23-,26-24-,31-29-,32-30-,40-38-,46-44-,52-50-,58-56-. The zero-order chi connectivity index (χ0) is 53.4. The number of rotatable bonds is 52. The Morgan fingerprint density at radius 1 is 0.311 bits per heavy atom. The van der Waals surface area contributed by atoms with Crippen molar-refractivity contribution in [3.8, 4) is 0 Å². The second kappa shape index (κ2) is 62.6. The van der Waals surface area contributed by atoms with E-state index < -0.39 is 6.10 Å². The first-order valence-corrected chi connectivity index (χ1v) is 29.7. The molecule has 1 atom stereocenters. The van der Waals surface area contributed by atoms with Crippen LogP contribution in [0.4, 0.5) is 0 Å². The molecule has 0 aromatic rings. The summed E-state index contributed by atoms with van der Waals surface area (Å²) in [4.78, 5) is 24.5. The summed E-state index contributed by atoms with van der Waals surface area (Å²) in [7, 11) is 0. The molecule has 0 bridgehead atoms. The molecule has 1 N–H and O–H groups in total. The summed E-state index contributed by atoms with van der Waals surface area (Å²) < 4.78 is 10.7. The molecule has 5 nitrogen and oxygen atoms in total. The zero-order valence-corrected chi connectivity index (χ0v) is 47.3. The maximum absolute atomic E-state index is 12.3. The predicted molar refractivity (Wildman–Crippen MR) is 324 cm³/mol. The maximum Gasteiger partial charge on any atom is 0.306 e. The third-order valence-electron chi connectivity index (χ3n) is 12.0. The van der Waals surface area contributed by atoms with Crippen molar-refractivity contribution in [1.82, 2.24) is 0 Å². The third-order valence-corrected chi connectivity index (χ3v) is 12.0. The van der Waals surface area contributed by atoms with Crippen molar-refractivity contribution in [1.29, 1.82) is 0 Å². The second-order valence-corrected chi connectivity index (χ2v) is 19.0. The lowest BCUT2D eigenvalue weighted by Crippen LogP contribution is -2.28. The van der Waals surface area contributed by atoms with Crippen molar-refractivity contribution in [2.24, 2.45) is 0 Å². The number of ether oxygens (including phenoxy) is 2. The molecule has 0 aromatic heterocycles. The Balaban J connectivity index is 3.63. The number of aliphatic hydroxyl groups is 1. The first-order valence-electron chi connectivity index (χ1n) is 29.7. The Morgan fingerprint density at radius 3 is 0.851 bits per heavy atom. The fourth-order valence-electron chi connectivity index (χ4n) is 7.64. The fraction of sp³-hybridized carbons (Fsp3) is 0.565. The van der Waals surface area contributed by atoms with E-state index >= 15 is 0 Å². The molecule has 0 saturated carbocycles. The molecule has 0 fully saturated rings. The molecule has 0 aromatic carbocycles. The van der Waals surface area contributed by atoms with Gasteiger partial charge in [0.25, 0.3) is 0 Å². The van der Waals surface area contributed by atoms with Crippen LogP contribution < -0.4 is 0 Å². The first-order chi connectivity index (χ1) is 36.6.